The first-order valence-electron chi connectivity index (χ1n) is 4.81. The highest BCUT2D eigenvalue weighted by Gasteiger charge is 2.49. The summed E-state index contributed by atoms with van der Waals surface area (Å²) in [7, 11) is 0. The summed E-state index contributed by atoms with van der Waals surface area (Å²) in [5, 5.41) is 10.3. The molecule has 0 bridgehead atoms. The smallest absolute Gasteiger partial charge is 0.269 e. The van der Waals surface area contributed by atoms with Crippen LogP contribution in [0.2, 0.25) is 0 Å². The van der Waals surface area contributed by atoms with Crippen LogP contribution in [0.5, 0.6) is 0 Å². The molecule has 1 spiro atoms. The largest absolute Gasteiger partial charge is 0.364 e. The third-order valence-corrected chi connectivity index (χ3v) is 3.25. The van der Waals surface area contributed by atoms with Crippen molar-refractivity contribution in [2.75, 3.05) is 6.54 Å². The Morgan fingerprint density at radius 2 is 2.29 bits per heavy atom. The van der Waals surface area contributed by atoms with E-state index in [1.165, 1.54) is 12.8 Å². The lowest BCUT2D eigenvalue weighted by molar-refractivity contribution is 0.0994. The molecule has 1 fully saturated rings. The van der Waals surface area contributed by atoms with E-state index < -0.39 is 5.91 Å². The first-order valence-corrected chi connectivity index (χ1v) is 4.81. The molecule has 1 saturated carbocycles. The molecule has 5 heteroatoms. The molecule has 0 radical (unpaired) electrons. The number of primary amides is 1. The number of nitrogens with one attached hydrogen (secondary N) is 2. The number of nitrogens with two attached hydrogens (primary N) is 1. The SMILES string of the molecule is NC(=O)c1n[nH]c2c1CNCC21CC1. The molecular weight excluding hydrogens is 180 g/mol. The third-order valence-electron chi connectivity index (χ3n) is 3.25. The molecule has 0 atom stereocenters. The fourth-order valence-electron chi connectivity index (χ4n) is 2.27. The maximum atomic E-state index is 11.1. The van der Waals surface area contributed by atoms with Gasteiger partial charge < -0.3 is 11.1 Å². The zero-order valence-electron chi connectivity index (χ0n) is 7.76. The average molecular weight is 192 g/mol. The Balaban J connectivity index is 2.13. The Morgan fingerprint density at radius 3 is 2.93 bits per heavy atom. The first kappa shape index (κ1) is 7.99. The van der Waals surface area contributed by atoms with Gasteiger partial charge in [-0.3, -0.25) is 9.89 Å². The summed E-state index contributed by atoms with van der Waals surface area (Å²) in [6, 6.07) is 0. The number of nitrogens with zero attached hydrogens (tertiary/aromatic N) is 1. The van der Waals surface area contributed by atoms with Crippen LogP contribution in [0, 0.1) is 0 Å². The highest BCUT2D eigenvalue weighted by molar-refractivity contribution is 5.92. The Labute approximate surface area is 81.1 Å². The molecule has 1 aromatic heterocycles. The standard InChI is InChI=1S/C9H12N4O/c10-8(14)6-5-3-11-4-9(1-2-9)7(5)13-12-6/h11H,1-4H2,(H2,10,14)(H,12,13). The number of carbonyl (C=O) groups is 1. The number of hydrogen-bond acceptors (Lipinski definition) is 3. The van der Waals surface area contributed by atoms with Gasteiger partial charge in [0.15, 0.2) is 5.69 Å². The second-order valence-corrected chi connectivity index (χ2v) is 4.17. The van der Waals surface area contributed by atoms with Crippen molar-refractivity contribution < 1.29 is 4.79 Å². The van der Waals surface area contributed by atoms with Crippen LogP contribution in [-0.2, 0) is 12.0 Å². The lowest BCUT2D eigenvalue weighted by Gasteiger charge is -2.22. The van der Waals surface area contributed by atoms with Gasteiger partial charge in [-0.25, -0.2) is 0 Å². The van der Waals surface area contributed by atoms with E-state index in [1.54, 1.807) is 0 Å². The van der Waals surface area contributed by atoms with E-state index in [0.29, 0.717) is 12.2 Å². The van der Waals surface area contributed by atoms with E-state index in [0.717, 1.165) is 17.8 Å². The normalized spacial score (nSPS) is 22.0. The first-order chi connectivity index (χ1) is 6.73. The van der Waals surface area contributed by atoms with Crippen LogP contribution in [0.15, 0.2) is 0 Å². The molecule has 1 aromatic rings. The highest BCUT2D eigenvalue weighted by atomic mass is 16.1. The van der Waals surface area contributed by atoms with Crippen LogP contribution in [0.4, 0.5) is 0 Å². The van der Waals surface area contributed by atoms with Gasteiger partial charge >= 0.3 is 0 Å². The molecule has 3 rings (SSSR count). The van der Waals surface area contributed by atoms with Crippen LogP contribution in [-0.4, -0.2) is 22.6 Å². The predicted molar refractivity (Wildman–Crippen MR) is 49.7 cm³/mol. The highest BCUT2D eigenvalue weighted by Crippen LogP contribution is 2.49. The van der Waals surface area contributed by atoms with Crippen molar-refractivity contribution >= 4 is 5.91 Å². The van der Waals surface area contributed by atoms with Gasteiger partial charge in [-0.05, 0) is 12.8 Å². The lowest BCUT2D eigenvalue weighted by Crippen LogP contribution is -2.34. The quantitative estimate of drug-likeness (QED) is 0.568. The Morgan fingerprint density at radius 1 is 1.50 bits per heavy atom. The second kappa shape index (κ2) is 2.36. The van der Waals surface area contributed by atoms with E-state index in [-0.39, 0.29) is 5.41 Å². The molecule has 2 aliphatic rings. The van der Waals surface area contributed by atoms with Gasteiger partial charge in [0.1, 0.15) is 0 Å². The van der Waals surface area contributed by atoms with E-state index in [9.17, 15) is 4.79 Å². The van der Waals surface area contributed by atoms with E-state index >= 15 is 0 Å². The monoisotopic (exact) mass is 192 g/mol. The summed E-state index contributed by atoms with van der Waals surface area (Å²) in [5.41, 5.74) is 7.98. The maximum absolute atomic E-state index is 11.1. The van der Waals surface area contributed by atoms with E-state index in [1.807, 2.05) is 0 Å². The predicted octanol–water partition coefficient (Wildman–Crippen LogP) is -0.357. The molecular formula is C9H12N4O. The number of hydrogen-bond donors (Lipinski definition) is 3. The topological polar surface area (TPSA) is 83.8 Å². The van der Waals surface area contributed by atoms with Gasteiger partial charge in [0.25, 0.3) is 5.91 Å². The van der Waals surface area contributed by atoms with Crippen LogP contribution < -0.4 is 11.1 Å². The average Bonchev–Trinajstić information content (AvgIpc) is 2.78. The van der Waals surface area contributed by atoms with Crippen molar-refractivity contribution in [3.63, 3.8) is 0 Å². The second-order valence-electron chi connectivity index (χ2n) is 4.17. The van der Waals surface area contributed by atoms with Crippen molar-refractivity contribution in [1.82, 2.24) is 15.5 Å². The van der Waals surface area contributed by atoms with Gasteiger partial charge in [-0.1, -0.05) is 0 Å². The van der Waals surface area contributed by atoms with Crippen molar-refractivity contribution in [3.05, 3.63) is 17.0 Å². The van der Waals surface area contributed by atoms with Crippen molar-refractivity contribution in [1.29, 1.82) is 0 Å². The van der Waals surface area contributed by atoms with Gasteiger partial charge in [0, 0.05) is 29.8 Å². The Bertz CT molecular complexity index is 405. The van der Waals surface area contributed by atoms with Gasteiger partial charge in [-0.2, -0.15) is 5.10 Å². The number of aromatic nitrogens is 2. The molecule has 1 aliphatic heterocycles. The van der Waals surface area contributed by atoms with Crippen LogP contribution in [0.25, 0.3) is 0 Å². The molecule has 74 valence electrons. The van der Waals surface area contributed by atoms with E-state index in [4.69, 9.17) is 5.73 Å². The van der Waals surface area contributed by atoms with Crippen LogP contribution in [0.1, 0.15) is 34.6 Å². The van der Waals surface area contributed by atoms with Crippen LogP contribution >= 0.6 is 0 Å². The minimum atomic E-state index is -0.443. The fourth-order valence-corrected chi connectivity index (χ4v) is 2.27. The third kappa shape index (κ3) is 0.874. The van der Waals surface area contributed by atoms with Gasteiger partial charge in [-0.15, -0.1) is 0 Å². The Kier molecular flexibility index (Phi) is 1.35. The van der Waals surface area contributed by atoms with Crippen molar-refractivity contribution in [2.24, 2.45) is 5.73 Å². The number of rotatable bonds is 1. The molecule has 14 heavy (non-hydrogen) atoms. The van der Waals surface area contributed by atoms with Gasteiger partial charge in [0.05, 0.1) is 0 Å². The number of amides is 1. The molecule has 4 N–H and O–H groups in total. The number of carbonyl (C=O) groups excluding carboxylic acids is 1. The summed E-state index contributed by atoms with van der Waals surface area (Å²) in [4.78, 5) is 11.1. The summed E-state index contributed by atoms with van der Waals surface area (Å²) < 4.78 is 0. The molecule has 2 heterocycles. The van der Waals surface area contributed by atoms with Crippen molar-refractivity contribution in [2.45, 2.75) is 24.8 Å². The van der Waals surface area contributed by atoms with Crippen molar-refractivity contribution in [3.8, 4) is 0 Å². The van der Waals surface area contributed by atoms with Crippen LogP contribution in [0.3, 0.4) is 0 Å². The molecule has 1 aliphatic carbocycles. The van der Waals surface area contributed by atoms with Gasteiger partial charge in [0.2, 0.25) is 0 Å². The Hall–Kier alpha value is -1.36. The molecule has 0 aromatic carbocycles. The molecule has 0 saturated heterocycles. The summed E-state index contributed by atoms with van der Waals surface area (Å²) in [6.07, 6.45) is 2.35. The number of fused-ring (bicyclic) bond motifs is 2. The molecule has 0 unspecified atom stereocenters. The zero-order valence-corrected chi connectivity index (χ0v) is 7.76. The maximum Gasteiger partial charge on any atom is 0.269 e. The molecule has 1 amide bonds. The minimum Gasteiger partial charge on any atom is -0.364 e. The summed E-state index contributed by atoms with van der Waals surface area (Å²) in [5.74, 6) is -0.443. The lowest BCUT2D eigenvalue weighted by atomic mass is 9.93. The van der Waals surface area contributed by atoms with E-state index in [2.05, 4.69) is 15.5 Å². The number of H-pyrrole nitrogens is 1. The summed E-state index contributed by atoms with van der Waals surface area (Å²) >= 11 is 0. The zero-order chi connectivity index (χ0) is 9.76. The molecule has 5 nitrogen and oxygen atoms in total. The number of aromatic amines is 1. The summed E-state index contributed by atoms with van der Waals surface area (Å²) in [6.45, 7) is 1.69. The fraction of sp³-hybridized carbons (Fsp3) is 0.556. The minimum absolute atomic E-state index is 0.230.